The first kappa shape index (κ1) is 19.7. The summed E-state index contributed by atoms with van der Waals surface area (Å²) in [5, 5.41) is 10.5. The average molecular weight is 429 g/mol. The van der Waals surface area contributed by atoms with Gasteiger partial charge in [0.1, 0.15) is 6.17 Å². The Morgan fingerprint density at radius 1 is 1.33 bits per heavy atom. The second-order valence-electron chi connectivity index (χ2n) is 8.20. The third kappa shape index (κ3) is 4.01. The van der Waals surface area contributed by atoms with E-state index in [4.69, 9.17) is 4.74 Å². The Morgan fingerprint density at radius 3 is 3.00 bits per heavy atom. The highest BCUT2D eigenvalue weighted by Gasteiger charge is 2.44. The van der Waals surface area contributed by atoms with Crippen molar-refractivity contribution in [2.75, 3.05) is 18.9 Å². The van der Waals surface area contributed by atoms with Crippen LogP contribution in [0.15, 0.2) is 41.8 Å². The lowest BCUT2D eigenvalue weighted by Crippen LogP contribution is -2.54. The molecule has 1 aromatic carbocycles. The molecule has 0 radical (unpaired) electrons. The van der Waals surface area contributed by atoms with Crippen LogP contribution in [0.4, 0.5) is 0 Å². The van der Waals surface area contributed by atoms with Gasteiger partial charge >= 0.3 is 0 Å². The number of rotatable bonds is 5. The van der Waals surface area contributed by atoms with E-state index in [1.165, 1.54) is 22.9 Å². The molecular formula is C21H28N6O2S. The number of benzene rings is 1. The lowest BCUT2D eigenvalue weighted by atomic mass is 9.99. The molecule has 0 aliphatic carbocycles. The normalized spacial score (nSPS) is 29.4. The summed E-state index contributed by atoms with van der Waals surface area (Å²) in [6, 6.07) is 9.25. The second kappa shape index (κ2) is 8.49. The van der Waals surface area contributed by atoms with E-state index in [1.54, 1.807) is 0 Å². The zero-order chi connectivity index (χ0) is 20.5. The molecule has 1 aromatic rings. The molecule has 1 amide bonds. The summed E-state index contributed by atoms with van der Waals surface area (Å²) >= 11 is 1.46. The highest BCUT2D eigenvalue weighted by atomic mass is 32.2. The first-order valence-electron chi connectivity index (χ1n) is 10.6. The van der Waals surface area contributed by atoms with Gasteiger partial charge in [0.05, 0.1) is 23.9 Å². The van der Waals surface area contributed by atoms with Crippen molar-refractivity contribution < 1.29 is 9.53 Å². The van der Waals surface area contributed by atoms with Crippen LogP contribution in [0.3, 0.4) is 0 Å². The Morgan fingerprint density at radius 2 is 2.20 bits per heavy atom. The summed E-state index contributed by atoms with van der Waals surface area (Å²) in [5.74, 6) is 0.370. The molecule has 4 atom stereocenters. The topological polar surface area (TPSA) is 81.2 Å². The van der Waals surface area contributed by atoms with Gasteiger partial charge in [-0.3, -0.25) is 10.2 Å². The lowest BCUT2D eigenvalue weighted by molar-refractivity contribution is -0.119. The zero-order valence-corrected chi connectivity index (χ0v) is 17.9. The maximum Gasteiger partial charge on any atom is 0.230 e. The first-order chi connectivity index (χ1) is 14.7. The maximum atomic E-state index is 12.2. The molecule has 0 saturated carbocycles. The largest absolute Gasteiger partial charge is 0.376 e. The highest BCUT2D eigenvalue weighted by molar-refractivity contribution is 8.14. The number of hydrazine groups is 1. The molecule has 0 aromatic heterocycles. The van der Waals surface area contributed by atoms with E-state index in [2.05, 4.69) is 68.6 Å². The van der Waals surface area contributed by atoms with E-state index in [1.807, 2.05) is 6.20 Å². The van der Waals surface area contributed by atoms with Crippen molar-refractivity contribution in [1.82, 2.24) is 26.1 Å². The number of aryl methyl sites for hydroxylation is 1. The van der Waals surface area contributed by atoms with E-state index in [9.17, 15) is 4.79 Å². The van der Waals surface area contributed by atoms with Gasteiger partial charge in [-0.05, 0) is 31.7 Å². The van der Waals surface area contributed by atoms with Crippen LogP contribution in [0.25, 0.3) is 0 Å². The Balaban J connectivity index is 1.14. The predicted molar refractivity (Wildman–Crippen MR) is 117 cm³/mol. The third-order valence-electron chi connectivity index (χ3n) is 6.07. The van der Waals surface area contributed by atoms with Gasteiger partial charge in [-0.25, -0.2) is 5.43 Å². The van der Waals surface area contributed by atoms with Crippen LogP contribution in [0.1, 0.15) is 36.4 Å². The van der Waals surface area contributed by atoms with Crippen LogP contribution < -0.4 is 16.2 Å². The number of amides is 1. The molecule has 3 N–H and O–H groups in total. The fourth-order valence-corrected chi connectivity index (χ4v) is 5.18. The zero-order valence-electron chi connectivity index (χ0n) is 17.1. The van der Waals surface area contributed by atoms with Gasteiger partial charge in [-0.1, -0.05) is 41.6 Å². The van der Waals surface area contributed by atoms with E-state index >= 15 is 0 Å². The van der Waals surface area contributed by atoms with Gasteiger partial charge in [0, 0.05) is 25.6 Å². The molecule has 0 spiro atoms. The van der Waals surface area contributed by atoms with Crippen LogP contribution in [-0.4, -0.2) is 58.2 Å². The van der Waals surface area contributed by atoms with Gasteiger partial charge in [0.15, 0.2) is 5.17 Å². The fraction of sp³-hybridized carbons (Fsp3) is 0.524. The van der Waals surface area contributed by atoms with Gasteiger partial charge in [0.25, 0.3) is 0 Å². The van der Waals surface area contributed by atoms with Crippen molar-refractivity contribution in [3.05, 3.63) is 47.8 Å². The molecule has 5 rings (SSSR count). The quantitative estimate of drug-likeness (QED) is 0.658. The standard InChI is InChI=1S/C21H28N6O2S/c1-14-4-6-15(7-5-14)17-11-18-20-23-24-21(26(20)8-9-27(18)25-17)30-13-19(28)22-12-16-3-2-10-29-16/h4-9,16-18,20,23,25H,2-3,10-13H2,1H3,(H,22,28)/t16-,17?,18?,20?/m0/s1. The summed E-state index contributed by atoms with van der Waals surface area (Å²) < 4.78 is 5.56. The summed E-state index contributed by atoms with van der Waals surface area (Å²) in [5.41, 5.74) is 9.43. The van der Waals surface area contributed by atoms with Crippen LogP contribution in [0.5, 0.6) is 0 Å². The van der Waals surface area contributed by atoms with Crippen LogP contribution in [0, 0.1) is 6.92 Å². The van der Waals surface area contributed by atoms with Crippen LogP contribution in [0.2, 0.25) is 0 Å². The SMILES string of the molecule is Cc1ccc(C2CC3C4NN=C(SCC(=O)NC[C@@H]5CCCO5)N4C=CN3N2)cc1. The van der Waals surface area contributed by atoms with Gasteiger partial charge in [-0.2, -0.15) is 5.10 Å². The van der Waals surface area contributed by atoms with E-state index in [0.717, 1.165) is 31.0 Å². The number of hydrazone groups is 1. The van der Waals surface area contributed by atoms with Crippen molar-refractivity contribution in [1.29, 1.82) is 0 Å². The van der Waals surface area contributed by atoms with E-state index < -0.39 is 0 Å². The van der Waals surface area contributed by atoms with E-state index in [0.29, 0.717) is 12.3 Å². The molecule has 3 unspecified atom stereocenters. The predicted octanol–water partition coefficient (Wildman–Crippen LogP) is 1.63. The third-order valence-corrected chi connectivity index (χ3v) is 7.03. The number of ether oxygens (including phenoxy) is 1. The number of carbonyl (C=O) groups excluding carboxylic acids is 1. The molecule has 4 aliphatic heterocycles. The molecule has 9 heteroatoms. The number of nitrogens with one attached hydrogen (secondary N) is 3. The van der Waals surface area contributed by atoms with Crippen molar-refractivity contribution in [2.24, 2.45) is 5.10 Å². The molecule has 8 nitrogen and oxygen atoms in total. The lowest BCUT2D eigenvalue weighted by Gasteiger charge is -2.36. The molecule has 30 heavy (non-hydrogen) atoms. The van der Waals surface area contributed by atoms with Gasteiger partial charge < -0.3 is 20.0 Å². The summed E-state index contributed by atoms with van der Waals surface area (Å²) in [6.45, 7) is 3.51. The van der Waals surface area contributed by atoms with Crippen LogP contribution >= 0.6 is 11.8 Å². The monoisotopic (exact) mass is 428 g/mol. The molecule has 2 saturated heterocycles. The number of hydrogen-bond acceptors (Lipinski definition) is 8. The second-order valence-corrected chi connectivity index (χ2v) is 9.15. The molecule has 0 bridgehead atoms. The number of carbonyl (C=O) groups is 1. The van der Waals surface area contributed by atoms with Gasteiger partial charge in [0.2, 0.25) is 5.91 Å². The van der Waals surface area contributed by atoms with Crippen molar-refractivity contribution >= 4 is 22.8 Å². The van der Waals surface area contributed by atoms with Crippen molar-refractivity contribution in [2.45, 2.75) is 50.5 Å². The average Bonchev–Trinajstić information content (AvgIpc) is 3.50. The van der Waals surface area contributed by atoms with E-state index in [-0.39, 0.29) is 30.3 Å². The van der Waals surface area contributed by atoms with Crippen molar-refractivity contribution in [3.8, 4) is 0 Å². The minimum Gasteiger partial charge on any atom is -0.376 e. The Hall–Kier alpha value is -2.23. The first-order valence-corrected chi connectivity index (χ1v) is 11.6. The highest BCUT2D eigenvalue weighted by Crippen LogP contribution is 2.35. The minimum atomic E-state index is 0.0197. The fourth-order valence-electron chi connectivity index (χ4n) is 4.38. The molecular weight excluding hydrogens is 400 g/mol. The summed E-state index contributed by atoms with van der Waals surface area (Å²) in [4.78, 5) is 14.3. The Bertz CT molecular complexity index is 838. The van der Waals surface area contributed by atoms with Gasteiger partial charge in [-0.15, -0.1) is 0 Å². The van der Waals surface area contributed by atoms with Crippen LogP contribution in [-0.2, 0) is 9.53 Å². The summed E-state index contributed by atoms with van der Waals surface area (Å²) in [7, 11) is 0. The number of amidine groups is 1. The number of hydrogen-bond donors (Lipinski definition) is 3. The molecule has 160 valence electrons. The number of fused-ring (bicyclic) bond motifs is 3. The van der Waals surface area contributed by atoms with Crippen molar-refractivity contribution in [3.63, 3.8) is 0 Å². The smallest absolute Gasteiger partial charge is 0.230 e. The Kier molecular flexibility index (Phi) is 5.58. The number of thioether (sulfide) groups is 1. The molecule has 2 fully saturated rings. The molecule has 4 aliphatic rings. The number of nitrogens with zero attached hydrogens (tertiary/aromatic N) is 3. The Labute approximate surface area is 181 Å². The summed E-state index contributed by atoms with van der Waals surface area (Å²) in [6.07, 6.45) is 7.42. The molecule has 4 heterocycles. The minimum absolute atomic E-state index is 0.0197. The maximum absolute atomic E-state index is 12.2.